The molecule has 20 valence electrons. The van der Waals surface area contributed by atoms with E-state index < -0.39 is 0 Å². The maximum Gasteiger partial charge on any atom is 0 e. The molecule has 0 fully saturated rings. The molecule has 0 heterocycles. The zero-order valence-corrected chi connectivity index (χ0v) is 10.7. The van der Waals surface area contributed by atoms with Crippen molar-refractivity contribution in [3.05, 3.63) is 0 Å². The van der Waals surface area contributed by atoms with Gasteiger partial charge in [0.05, 0.1) is 0 Å². The van der Waals surface area contributed by atoms with Crippen LogP contribution in [0.2, 0.25) is 0 Å². The third kappa shape index (κ3) is 8.86. The van der Waals surface area contributed by atoms with Crippen molar-refractivity contribution < 1.29 is 38.5 Å². The first kappa shape index (κ1) is 28.6. The molecular formula is CoInSnTi. The summed E-state index contributed by atoms with van der Waals surface area (Å²) in [5, 5.41) is 0. The number of hydrogen-bond acceptors (Lipinski definition) is 0. The van der Waals surface area contributed by atoms with Gasteiger partial charge in [-0.3, -0.25) is 0 Å². The molecule has 0 aromatic rings. The van der Waals surface area contributed by atoms with E-state index in [9.17, 15) is 0 Å². The largest absolute Gasteiger partial charge is 0 e. The van der Waals surface area contributed by atoms with Crippen molar-refractivity contribution in [3.8, 4) is 0 Å². The van der Waals surface area contributed by atoms with E-state index in [4.69, 9.17) is 0 Å². The van der Waals surface area contributed by atoms with E-state index in [2.05, 4.69) is 0 Å². The van der Waals surface area contributed by atoms with Crippen LogP contribution in [0.4, 0.5) is 0 Å². The zero-order chi connectivity index (χ0) is 0. The number of hydrogen-bond donors (Lipinski definition) is 0. The molecular weight excluding hydrogens is 340 g/mol. The second-order valence-corrected chi connectivity index (χ2v) is 0. The Morgan fingerprint density at radius 2 is 1.00 bits per heavy atom. The molecule has 0 unspecified atom stereocenters. The Bertz CT molecular complexity index is 8.00. The van der Waals surface area contributed by atoms with Crippen LogP contribution in [0, 0.1) is 0 Å². The van der Waals surface area contributed by atoms with E-state index >= 15 is 0 Å². The Balaban J connectivity index is 0. The van der Waals surface area contributed by atoms with Crippen LogP contribution in [0.25, 0.3) is 0 Å². The van der Waals surface area contributed by atoms with Gasteiger partial charge in [-0.2, -0.15) is 0 Å². The summed E-state index contributed by atoms with van der Waals surface area (Å²) in [6.45, 7) is 0. The van der Waals surface area contributed by atoms with E-state index in [1.807, 2.05) is 0 Å². The van der Waals surface area contributed by atoms with E-state index in [1.165, 1.54) is 0 Å². The molecule has 0 bridgehead atoms. The minimum absolute atomic E-state index is 0. The summed E-state index contributed by atoms with van der Waals surface area (Å²) in [7, 11) is 0. The molecule has 0 saturated carbocycles. The molecule has 0 spiro atoms. The van der Waals surface area contributed by atoms with Crippen molar-refractivity contribution in [2.45, 2.75) is 0 Å². The van der Waals surface area contributed by atoms with Gasteiger partial charge < -0.3 is 0 Å². The first-order chi connectivity index (χ1) is 0. The van der Waals surface area contributed by atoms with Gasteiger partial charge in [0.25, 0.3) is 0 Å². The van der Waals surface area contributed by atoms with Gasteiger partial charge in [-0.05, 0) is 0 Å². The van der Waals surface area contributed by atoms with Crippen LogP contribution in [0.15, 0.2) is 0 Å². The molecule has 0 rings (SSSR count). The molecule has 0 atom stereocenters. The summed E-state index contributed by atoms with van der Waals surface area (Å²) in [5.41, 5.74) is 0. The summed E-state index contributed by atoms with van der Waals surface area (Å²) >= 11 is 0. The fourth-order valence-corrected chi connectivity index (χ4v) is 0. The van der Waals surface area contributed by atoms with Gasteiger partial charge in [0.15, 0.2) is 0 Å². The van der Waals surface area contributed by atoms with E-state index in [0.29, 0.717) is 0 Å². The molecule has 4 heavy (non-hydrogen) atoms. The summed E-state index contributed by atoms with van der Waals surface area (Å²) in [4.78, 5) is 0. The Morgan fingerprint density at radius 3 is 1.00 bits per heavy atom. The smallest absolute Gasteiger partial charge is 0 e. The molecule has 0 aliphatic heterocycles. The normalized spacial score (nSPS) is 0. The van der Waals surface area contributed by atoms with Gasteiger partial charge in [-0.1, -0.05) is 0 Å². The van der Waals surface area contributed by atoms with Crippen LogP contribution in [0.1, 0.15) is 0 Å². The Kier molecular flexibility index (Phi) is 121. The summed E-state index contributed by atoms with van der Waals surface area (Å²) < 4.78 is 0. The van der Waals surface area contributed by atoms with Crippen molar-refractivity contribution in [3.63, 3.8) is 0 Å². The van der Waals surface area contributed by atoms with Crippen LogP contribution in [0.3, 0.4) is 0 Å². The SMILES string of the molecule is [Co].[In].[Sn].[Ti]. The van der Waals surface area contributed by atoms with Crippen LogP contribution in [0.5, 0.6) is 0 Å². The second-order valence-electron chi connectivity index (χ2n) is 0. The third-order valence-electron chi connectivity index (χ3n) is 0. The summed E-state index contributed by atoms with van der Waals surface area (Å²) in [6, 6.07) is 0. The topological polar surface area (TPSA) is 0 Å². The zero-order valence-electron chi connectivity index (χ0n) is 1.91. The molecule has 0 amide bonds. The third-order valence-corrected chi connectivity index (χ3v) is 0. The molecule has 0 aromatic carbocycles. The first-order valence-corrected chi connectivity index (χ1v) is 0. The monoisotopic (exact) mass is 342 g/mol. The van der Waals surface area contributed by atoms with Crippen molar-refractivity contribution in [1.82, 2.24) is 0 Å². The molecule has 0 aliphatic carbocycles. The van der Waals surface area contributed by atoms with Crippen LogP contribution in [-0.2, 0) is 38.5 Å². The van der Waals surface area contributed by atoms with Crippen molar-refractivity contribution in [2.75, 3.05) is 0 Å². The predicted octanol–water partition coefficient (Wildman–Crippen LogP) is -0.767. The van der Waals surface area contributed by atoms with Gasteiger partial charge in [0.1, 0.15) is 0 Å². The van der Waals surface area contributed by atoms with E-state index in [1.54, 1.807) is 0 Å². The van der Waals surface area contributed by atoms with E-state index in [0.717, 1.165) is 0 Å². The summed E-state index contributed by atoms with van der Waals surface area (Å²) in [6.07, 6.45) is 0. The van der Waals surface area contributed by atoms with Gasteiger partial charge >= 0.3 is 0 Å². The average molecular weight is 340 g/mol. The molecule has 0 aliphatic rings. The average Bonchev–Trinajstić information content (AvgIpc) is 0. The van der Waals surface area contributed by atoms with Crippen molar-refractivity contribution >= 4 is 49.8 Å². The molecule has 0 saturated heterocycles. The fourth-order valence-electron chi connectivity index (χ4n) is 0. The van der Waals surface area contributed by atoms with Crippen LogP contribution < -0.4 is 0 Å². The quantitative estimate of drug-likeness (QED) is 0.509. The van der Waals surface area contributed by atoms with Gasteiger partial charge in [0, 0.05) is 88.2 Å². The van der Waals surface area contributed by atoms with Crippen molar-refractivity contribution in [1.29, 1.82) is 0 Å². The minimum atomic E-state index is 0. The second kappa shape index (κ2) is 16.9. The summed E-state index contributed by atoms with van der Waals surface area (Å²) in [5.74, 6) is 0. The van der Waals surface area contributed by atoms with E-state index in [-0.39, 0.29) is 88.2 Å². The molecule has 0 nitrogen and oxygen atoms in total. The maximum absolute atomic E-state index is 0. The molecule has 8 radical (unpaired) electrons. The Morgan fingerprint density at radius 1 is 1.00 bits per heavy atom. The molecule has 0 N–H and O–H groups in total. The van der Waals surface area contributed by atoms with Gasteiger partial charge in [-0.15, -0.1) is 0 Å². The molecule has 0 aromatic heterocycles. The van der Waals surface area contributed by atoms with Gasteiger partial charge in [0.2, 0.25) is 0 Å². The Hall–Kier alpha value is 2.89. The van der Waals surface area contributed by atoms with Crippen molar-refractivity contribution in [2.24, 2.45) is 0 Å². The fraction of sp³-hybridized carbons (Fsp3) is 0. The maximum atomic E-state index is 0. The predicted molar refractivity (Wildman–Crippen MR) is 11.5 cm³/mol. The molecule has 4 heteroatoms. The standard InChI is InChI=1S/Co.In.Sn.Ti. The van der Waals surface area contributed by atoms with Crippen LogP contribution >= 0.6 is 0 Å². The number of rotatable bonds is 0. The first-order valence-electron chi connectivity index (χ1n) is 0. The van der Waals surface area contributed by atoms with Crippen LogP contribution in [-0.4, -0.2) is 49.8 Å². The minimum Gasteiger partial charge on any atom is 0 e. The Labute approximate surface area is 86.7 Å². The van der Waals surface area contributed by atoms with Gasteiger partial charge in [-0.25, -0.2) is 0 Å².